The summed E-state index contributed by atoms with van der Waals surface area (Å²) in [6, 6.07) is 4.82. The molecule has 1 aromatic carbocycles. The quantitative estimate of drug-likeness (QED) is 0.542. The minimum atomic E-state index is -0.130. The molecule has 1 rings (SSSR count). The normalized spacial score (nSPS) is 10.7. The van der Waals surface area contributed by atoms with Crippen molar-refractivity contribution in [2.24, 2.45) is 0 Å². The van der Waals surface area contributed by atoms with E-state index in [0.29, 0.717) is 15.6 Å². The van der Waals surface area contributed by atoms with Crippen LogP contribution >= 0.6 is 23.2 Å². The average Bonchev–Trinajstić information content (AvgIpc) is 2.09. The van der Waals surface area contributed by atoms with Crippen LogP contribution in [0, 0.1) is 0 Å². The molecule has 3 heteroatoms. The summed E-state index contributed by atoms with van der Waals surface area (Å²) in [5, 5.41) is 0.935. The second-order valence-corrected chi connectivity index (χ2v) is 3.33. The number of allylic oxidation sites excluding steroid dienone is 2. The molecule has 1 aromatic rings. The van der Waals surface area contributed by atoms with Crippen LogP contribution in [0.3, 0.4) is 0 Å². The van der Waals surface area contributed by atoms with Crippen LogP contribution in [0.4, 0.5) is 0 Å². The Morgan fingerprint density at radius 3 is 2.69 bits per heavy atom. The lowest BCUT2D eigenvalue weighted by Crippen LogP contribution is -1.94. The van der Waals surface area contributed by atoms with Gasteiger partial charge in [0.15, 0.2) is 5.78 Å². The number of ketones is 1. The Hall–Kier alpha value is -0.790. The fourth-order valence-corrected chi connectivity index (χ4v) is 1.31. The van der Waals surface area contributed by atoms with Crippen LogP contribution in [0.5, 0.6) is 0 Å². The van der Waals surface area contributed by atoms with Crippen molar-refractivity contribution in [2.45, 2.75) is 6.92 Å². The topological polar surface area (TPSA) is 17.1 Å². The van der Waals surface area contributed by atoms with E-state index in [4.69, 9.17) is 23.2 Å². The fourth-order valence-electron chi connectivity index (χ4n) is 0.927. The molecule has 0 radical (unpaired) electrons. The standard InChI is InChI=1S/C10H8Cl2O/c1-2-3-10(13)8-6-7(11)4-5-9(8)12/h2-6H,1H3. The maximum absolute atomic E-state index is 11.4. The molecule has 0 aromatic heterocycles. The Balaban J connectivity index is 3.13. The van der Waals surface area contributed by atoms with E-state index < -0.39 is 0 Å². The molecule has 0 N–H and O–H groups in total. The van der Waals surface area contributed by atoms with Crippen molar-refractivity contribution in [2.75, 3.05) is 0 Å². The van der Waals surface area contributed by atoms with E-state index in [-0.39, 0.29) is 5.78 Å². The van der Waals surface area contributed by atoms with E-state index in [1.165, 1.54) is 6.08 Å². The van der Waals surface area contributed by atoms with Crippen molar-refractivity contribution in [3.8, 4) is 0 Å². The first-order valence-electron chi connectivity index (χ1n) is 3.77. The first-order valence-corrected chi connectivity index (χ1v) is 4.53. The number of carbonyl (C=O) groups excluding carboxylic acids is 1. The second-order valence-electron chi connectivity index (χ2n) is 2.49. The van der Waals surface area contributed by atoms with Crippen molar-refractivity contribution in [1.82, 2.24) is 0 Å². The van der Waals surface area contributed by atoms with Gasteiger partial charge in [0.05, 0.1) is 5.02 Å². The van der Waals surface area contributed by atoms with Gasteiger partial charge >= 0.3 is 0 Å². The van der Waals surface area contributed by atoms with Crippen molar-refractivity contribution in [3.63, 3.8) is 0 Å². The number of carbonyl (C=O) groups is 1. The molecular formula is C10H8Cl2O. The predicted molar refractivity (Wildman–Crippen MR) is 55.6 cm³/mol. The average molecular weight is 215 g/mol. The van der Waals surface area contributed by atoms with Gasteiger partial charge in [0.2, 0.25) is 0 Å². The van der Waals surface area contributed by atoms with E-state index in [1.807, 2.05) is 0 Å². The van der Waals surface area contributed by atoms with E-state index in [9.17, 15) is 4.79 Å². The molecule has 0 fully saturated rings. The molecular weight excluding hydrogens is 207 g/mol. The third-order valence-corrected chi connectivity index (χ3v) is 2.08. The van der Waals surface area contributed by atoms with Gasteiger partial charge in [-0.15, -0.1) is 0 Å². The Morgan fingerprint density at radius 2 is 2.08 bits per heavy atom. The molecule has 0 unspecified atom stereocenters. The molecule has 0 saturated carbocycles. The van der Waals surface area contributed by atoms with Crippen LogP contribution in [0.1, 0.15) is 17.3 Å². The van der Waals surface area contributed by atoms with Crippen LogP contribution in [0.15, 0.2) is 30.4 Å². The molecule has 0 spiro atoms. The number of rotatable bonds is 2. The highest BCUT2D eigenvalue weighted by Crippen LogP contribution is 2.21. The van der Waals surface area contributed by atoms with E-state index in [0.717, 1.165) is 0 Å². The zero-order chi connectivity index (χ0) is 9.84. The van der Waals surface area contributed by atoms with E-state index >= 15 is 0 Å². The van der Waals surface area contributed by atoms with Gasteiger partial charge in [0, 0.05) is 10.6 Å². The third-order valence-electron chi connectivity index (χ3n) is 1.51. The van der Waals surface area contributed by atoms with Crippen molar-refractivity contribution in [3.05, 3.63) is 46.0 Å². The monoisotopic (exact) mass is 214 g/mol. The second kappa shape index (κ2) is 4.45. The summed E-state index contributed by atoms with van der Waals surface area (Å²) in [4.78, 5) is 11.4. The van der Waals surface area contributed by atoms with Gasteiger partial charge < -0.3 is 0 Å². The van der Waals surface area contributed by atoms with Gasteiger partial charge in [0.25, 0.3) is 0 Å². The van der Waals surface area contributed by atoms with Crippen molar-refractivity contribution in [1.29, 1.82) is 0 Å². The highest BCUT2D eigenvalue weighted by atomic mass is 35.5. The number of hydrogen-bond acceptors (Lipinski definition) is 1. The maximum Gasteiger partial charge on any atom is 0.187 e. The van der Waals surface area contributed by atoms with Gasteiger partial charge in [-0.25, -0.2) is 0 Å². The molecule has 0 heterocycles. The summed E-state index contributed by atoms with van der Waals surface area (Å²) in [6.45, 7) is 1.77. The summed E-state index contributed by atoms with van der Waals surface area (Å²) in [5.74, 6) is -0.130. The summed E-state index contributed by atoms with van der Waals surface area (Å²) < 4.78 is 0. The molecule has 1 nitrogen and oxygen atoms in total. The zero-order valence-electron chi connectivity index (χ0n) is 7.05. The first kappa shape index (κ1) is 10.3. The van der Waals surface area contributed by atoms with Gasteiger partial charge in [-0.05, 0) is 31.2 Å². The van der Waals surface area contributed by atoms with Crippen LogP contribution in [-0.2, 0) is 0 Å². The highest BCUT2D eigenvalue weighted by Gasteiger charge is 2.06. The molecule has 68 valence electrons. The molecule has 13 heavy (non-hydrogen) atoms. The van der Waals surface area contributed by atoms with E-state index in [1.54, 1.807) is 31.2 Å². The fraction of sp³-hybridized carbons (Fsp3) is 0.100. The summed E-state index contributed by atoms with van der Waals surface area (Å²) in [6.07, 6.45) is 3.12. The Bertz CT molecular complexity index is 356. The predicted octanol–water partition coefficient (Wildman–Crippen LogP) is 3.75. The SMILES string of the molecule is CC=CC(=O)c1cc(Cl)ccc1Cl. The lowest BCUT2D eigenvalue weighted by molar-refractivity contribution is 0.104. The largest absolute Gasteiger partial charge is 0.289 e. The molecule has 0 bridgehead atoms. The number of hydrogen-bond donors (Lipinski definition) is 0. The number of halogens is 2. The molecule has 0 aliphatic heterocycles. The molecule has 0 aliphatic carbocycles. The van der Waals surface area contributed by atoms with Gasteiger partial charge in [-0.1, -0.05) is 29.3 Å². The summed E-state index contributed by atoms with van der Waals surface area (Å²) >= 11 is 11.5. The van der Waals surface area contributed by atoms with Gasteiger partial charge in [0.1, 0.15) is 0 Å². The minimum absolute atomic E-state index is 0.130. The highest BCUT2D eigenvalue weighted by molar-refractivity contribution is 6.36. The molecule has 0 aliphatic rings. The molecule has 0 amide bonds. The Kier molecular flexibility index (Phi) is 3.52. The van der Waals surface area contributed by atoms with Gasteiger partial charge in [-0.3, -0.25) is 4.79 Å². The van der Waals surface area contributed by atoms with Crippen molar-refractivity contribution >= 4 is 29.0 Å². The van der Waals surface area contributed by atoms with Crippen LogP contribution in [0.25, 0.3) is 0 Å². The maximum atomic E-state index is 11.4. The lowest BCUT2D eigenvalue weighted by atomic mass is 10.1. The summed E-state index contributed by atoms with van der Waals surface area (Å²) in [5.41, 5.74) is 0.437. The Morgan fingerprint density at radius 1 is 1.38 bits per heavy atom. The zero-order valence-corrected chi connectivity index (χ0v) is 8.56. The minimum Gasteiger partial charge on any atom is -0.289 e. The third kappa shape index (κ3) is 2.58. The first-order chi connectivity index (χ1) is 6.15. The smallest absolute Gasteiger partial charge is 0.187 e. The van der Waals surface area contributed by atoms with E-state index in [2.05, 4.69) is 0 Å². The lowest BCUT2D eigenvalue weighted by Gasteiger charge is -1.99. The molecule has 0 atom stereocenters. The summed E-state index contributed by atoms with van der Waals surface area (Å²) in [7, 11) is 0. The number of benzene rings is 1. The van der Waals surface area contributed by atoms with Crippen LogP contribution in [0.2, 0.25) is 10.0 Å². The Labute approximate surface area is 87.0 Å². The van der Waals surface area contributed by atoms with Crippen LogP contribution in [-0.4, -0.2) is 5.78 Å². The van der Waals surface area contributed by atoms with Crippen molar-refractivity contribution < 1.29 is 4.79 Å². The van der Waals surface area contributed by atoms with Gasteiger partial charge in [-0.2, -0.15) is 0 Å². The molecule has 0 saturated heterocycles. The van der Waals surface area contributed by atoms with Crippen LogP contribution < -0.4 is 0 Å².